The molecule has 4 heteroatoms. The fourth-order valence-corrected chi connectivity index (χ4v) is 5.52. The van der Waals surface area contributed by atoms with Gasteiger partial charge in [-0.2, -0.15) is 0 Å². The maximum Gasteiger partial charge on any atom is 0.235 e. The third-order valence-corrected chi connectivity index (χ3v) is 7.07. The summed E-state index contributed by atoms with van der Waals surface area (Å²) in [4.78, 5) is 16.0. The topological polar surface area (TPSA) is 29.5 Å². The highest BCUT2D eigenvalue weighted by molar-refractivity contribution is 7.99. The van der Waals surface area contributed by atoms with E-state index >= 15 is 0 Å². The first-order chi connectivity index (χ1) is 16.3. The lowest BCUT2D eigenvalue weighted by molar-refractivity contribution is -0.132. The Kier molecular flexibility index (Phi) is 6.45. The molecule has 0 N–H and O–H groups in total. The maximum atomic E-state index is 14.0. The van der Waals surface area contributed by atoms with E-state index in [-0.39, 0.29) is 17.2 Å². The summed E-state index contributed by atoms with van der Waals surface area (Å²) in [5.41, 5.74) is 3.12. The Bertz CT molecular complexity index is 1160. The molecule has 4 aromatic carbocycles. The molecule has 1 fully saturated rings. The molecule has 0 bridgehead atoms. The maximum absolute atomic E-state index is 14.0. The lowest BCUT2D eigenvalue weighted by Gasteiger charge is -2.29. The van der Waals surface area contributed by atoms with E-state index in [0.29, 0.717) is 0 Å². The normalized spacial score (nSPS) is 15.5. The summed E-state index contributed by atoms with van der Waals surface area (Å²) >= 11 is 1.80. The van der Waals surface area contributed by atoms with Crippen LogP contribution in [0.4, 0.5) is 0 Å². The van der Waals surface area contributed by atoms with Gasteiger partial charge in [-0.3, -0.25) is 4.79 Å². The molecule has 1 atom stereocenters. The van der Waals surface area contributed by atoms with Crippen molar-refractivity contribution >= 4 is 17.7 Å². The average Bonchev–Trinajstić information content (AvgIpc) is 3.37. The van der Waals surface area contributed by atoms with Crippen LogP contribution in [-0.4, -0.2) is 23.1 Å². The number of carbonyl (C=O) groups excluding carboxylic acids is 1. The number of carbonyl (C=O) groups is 1. The largest absolute Gasteiger partial charge is 0.457 e. The smallest absolute Gasteiger partial charge is 0.235 e. The first kappa shape index (κ1) is 21.4. The highest BCUT2D eigenvalue weighted by Gasteiger charge is 2.36. The number of para-hydroxylation sites is 1. The number of benzene rings is 4. The molecule has 1 aliphatic rings. The quantitative estimate of drug-likeness (QED) is 0.320. The Hall–Kier alpha value is -3.50. The van der Waals surface area contributed by atoms with Crippen molar-refractivity contribution in [3.63, 3.8) is 0 Å². The third kappa shape index (κ3) is 4.81. The van der Waals surface area contributed by atoms with Gasteiger partial charge in [0.25, 0.3) is 0 Å². The lowest BCUT2D eigenvalue weighted by Crippen LogP contribution is -2.35. The molecule has 0 radical (unpaired) electrons. The zero-order valence-electron chi connectivity index (χ0n) is 18.2. The van der Waals surface area contributed by atoms with E-state index in [1.807, 2.05) is 108 Å². The van der Waals surface area contributed by atoms with Crippen molar-refractivity contribution < 1.29 is 9.53 Å². The molecule has 4 aromatic rings. The third-order valence-electron chi connectivity index (χ3n) is 5.81. The second-order valence-corrected chi connectivity index (χ2v) is 9.18. The van der Waals surface area contributed by atoms with Crippen LogP contribution in [0.15, 0.2) is 115 Å². The van der Waals surface area contributed by atoms with Gasteiger partial charge in [-0.05, 0) is 41.0 Å². The summed E-state index contributed by atoms with van der Waals surface area (Å²) in [6, 6.07) is 38.0. The summed E-state index contributed by atoms with van der Waals surface area (Å²) in [5, 5.41) is -0.0354. The zero-order valence-corrected chi connectivity index (χ0v) is 19.0. The van der Waals surface area contributed by atoms with Crippen molar-refractivity contribution in [2.24, 2.45) is 0 Å². The molecule has 1 saturated heterocycles. The molecule has 1 amide bonds. The predicted octanol–water partition coefficient (Wildman–Crippen LogP) is 6.89. The molecule has 164 valence electrons. The van der Waals surface area contributed by atoms with Crippen molar-refractivity contribution in [1.82, 2.24) is 4.90 Å². The van der Waals surface area contributed by atoms with Crippen molar-refractivity contribution in [3.05, 3.63) is 132 Å². The summed E-state index contributed by atoms with van der Waals surface area (Å²) in [5.74, 6) is 2.31. The van der Waals surface area contributed by atoms with E-state index in [4.69, 9.17) is 4.74 Å². The minimum absolute atomic E-state index is 0.0354. The van der Waals surface area contributed by atoms with E-state index in [0.717, 1.165) is 40.5 Å². The van der Waals surface area contributed by atoms with Crippen LogP contribution in [-0.2, 0) is 4.79 Å². The summed E-state index contributed by atoms with van der Waals surface area (Å²) in [7, 11) is 0. The van der Waals surface area contributed by atoms with E-state index in [9.17, 15) is 4.79 Å². The van der Waals surface area contributed by atoms with Gasteiger partial charge in [-0.1, -0.05) is 91.0 Å². The monoisotopic (exact) mass is 451 g/mol. The van der Waals surface area contributed by atoms with Gasteiger partial charge in [0.15, 0.2) is 0 Å². The minimum Gasteiger partial charge on any atom is -0.457 e. The van der Waals surface area contributed by atoms with E-state index in [1.165, 1.54) is 0 Å². The Labute approximate surface area is 199 Å². The van der Waals surface area contributed by atoms with Gasteiger partial charge < -0.3 is 9.64 Å². The van der Waals surface area contributed by atoms with Gasteiger partial charge in [0, 0.05) is 12.3 Å². The Morgan fingerprint density at radius 2 is 1.33 bits per heavy atom. The van der Waals surface area contributed by atoms with Crippen LogP contribution >= 0.6 is 11.8 Å². The molecule has 5 rings (SSSR count). The Balaban J connectivity index is 1.44. The molecular formula is C29H25NO2S. The van der Waals surface area contributed by atoms with Crippen LogP contribution < -0.4 is 4.74 Å². The fraction of sp³-hybridized carbons (Fsp3) is 0.138. The number of hydrogen-bond acceptors (Lipinski definition) is 3. The second kappa shape index (κ2) is 9.97. The van der Waals surface area contributed by atoms with Gasteiger partial charge in [-0.15, -0.1) is 11.8 Å². The standard InChI is InChI=1S/C29H25NO2S/c31-28(27(22-11-4-1-5-12-22)23-13-6-2-7-14-23)30-19-20-33-29(30)24-15-10-18-26(21-24)32-25-16-8-3-9-17-25/h1-18,21,27,29H,19-20H2/t29-/m1/s1. The molecule has 3 nitrogen and oxygen atoms in total. The van der Waals surface area contributed by atoms with Crippen molar-refractivity contribution in [3.8, 4) is 11.5 Å². The molecule has 0 aliphatic carbocycles. The minimum atomic E-state index is -0.322. The summed E-state index contributed by atoms with van der Waals surface area (Å²) < 4.78 is 6.05. The Morgan fingerprint density at radius 1 is 0.758 bits per heavy atom. The van der Waals surface area contributed by atoms with Crippen LogP contribution in [0.5, 0.6) is 11.5 Å². The molecule has 33 heavy (non-hydrogen) atoms. The SMILES string of the molecule is O=C(C(c1ccccc1)c1ccccc1)N1CCS[C@@H]1c1cccc(Oc2ccccc2)c1. The van der Waals surface area contributed by atoms with E-state index in [2.05, 4.69) is 12.1 Å². The van der Waals surface area contributed by atoms with Crippen LogP contribution in [0.2, 0.25) is 0 Å². The number of rotatable bonds is 6. The molecule has 0 saturated carbocycles. The van der Waals surface area contributed by atoms with Crippen LogP contribution in [0, 0.1) is 0 Å². The number of hydrogen-bond donors (Lipinski definition) is 0. The zero-order chi connectivity index (χ0) is 22.5. The highest BCUT2D eigenvalue weighted by Crippen LogP contribution is 2.42. The van der Waals surface area contributed by atoms with Gasteiger partial charge >= 0.3 is 0 Å². The number of thioether (sulfide) groups is 1. The van der Waals surface area contributed by atoms with E-state index in [1.54, 1.807) is 11.8 Å². The molecular weight excluding hydrogens is 426 g/mol. The predicted molar refractivity (Wildman–Crippen MR) is 135 cm³/mol. The first-order valence-corrected chi connectivity index (χ1v) is 12.2. The van der Waals surface area contributed by atoms with Gasteiger partial charge in [0.1, 0.15) is 16.9 Å². The van der Waals surface area contributed by atoms with Crippen molar-refractivity contribution in [1.29, 1.82) is 0 Å². The molecule has 0 aromatic heterocycles. The number of nitrogens with zero attached hydrogens (tertiary/aromatic N) is 1. The van der Waals surface area contributed by atoms with Gasteiger partial charge in [0.05, 0.1) is 5.92 Å². The number of ether oxygens (including phenoxy) is 1. The van der Waals surface area contributed by atoms with Crippen LogP contribution in [0.3, 0.4) is 0 Å². The molecule has 1 aliphatic heterocycles. The number of amides is 1. The van der Waals surface area contributed by atoms with E-state index < -0.39 is 0 Å². The fourth-order valence-electron chi connectivity index (χ4n) is 4.26. The molecule has 1 heterocycles. The lowest BCUT2D eigenvalue weighted by atomic mass is 9.90. The van der Waals surface area contributed by atoms with Crippen molar-refractivity contribution in [2.45, 2.75) is 11.3 Å². The second-order valence-electron chi connectivity index (χ2n) is 8.00. The van der Waals surface area contributed by atoms with Crippen molar-refractivity contribution in [2.75, 3.05) is 12.3 Å². The highest BCUT2D eigenvalue weighted by atomic mass is 32.2. The van der Waals surface area contributed by atoms with Gasteiger partial charge in [0.2, 0.25) is 5.91 Å². The molecule has 0 unspecified atom stereocenters. The van der Waals surface area contributed by atoms with Gasteiger partial charge in [-0.25, -0.2) is 0 Å². The van der Waals surface area contributed by atoms with Crippen LogP contribution in [0.1, 0.15) is 28.0 Å². The first-order valence-electron chi connectivity index (χ1n) is 11.1. The van der Waals surface area contributed by atoms with Crippen LogP contribution in [0.25, 0.3) is 0 Å². The molecule has 0 spiro atoms. The summed E-state index contributed by atoms with van der Waals surface area (Å²) in [6.45, 7) is 0.730. The average molecular weight is 452 g/mol. The Morgan fingerprint density at radius 3 is 1.97 bits per heavy atom. The summed E-state index contributed by atoms with van der Waals surface area (Å²) in [6.07, 6.45) is 0.